The number of aliphatic hydroxyl groups excluding tert-OH is 1. The van der Waals surface area contributed by atoms with E-state index in [9.17, 15) is 8.78 Å². The molecule has 104 valence electrons. The predicted molar refractivity (Wildman–Crippen MR) is 70.2 cm³/mol. The first-order chi connectivity index (χ1) is 8.69. The minimum atomic E-state index is -0.468. The number of aliphatic hydroxyl groups is 1. The van der Waals surface area contributed by atoms with Crippen LogP contribution in [0, 0.1) is 11.6 Å². The first kappa shape index (κ1) is 15.4. The Bertz CT molecular complexity index is 533. The maximum absolute atomic E-state index is 13.3. The van der Waals surface area contributed by atoms with Crippen molar-refractivity contribution in [3.8, 4) is 0 Å². The van der Waals surface area contributed by atoms with Crippen LogP contribution in [0.1, 0.15) is 5.56 Å². The fourth-order valence-corrected chi connectivity index (χ4v) is 1.56. The molecule has 1 aromatic carbocycles. The molecular weight excluding hydrogens is 276 g/mol. The third-order valence-electron chi connectivity index (χ3n) is 2.45. The van der Waals surface area contributed by atoms with Crippen LogP contribution in [0.5, 0.6) is 0 Å². The van der Waals surface area contributed by atoms with Crippen LogP contribution in [0.25, 0.3) is 0 Å². The molecule has 7 heteroatoms. The Kier molecular flexibility index (Phi) is 5.72. The SMILES string of the molecule is Cl.OCCn1cc(NCc2cc(F)ccc2F)cn1. The summed E-state index contributed by atoms with van der Waals surface area (Å²) in [5.74, 6) is -0.921. The molecule has 0 aliphatic carbocycles. The zero-order valence-corrected chi connectivity index (χ0v) is 10.8. The van der Waals surface area contributed by atoms with E-state index in [2.05, 4.69) is 10.4 Å². The molecule has 1 heterocycles. The molecule has 0 unspecified atom stereocenters. The molecule has 0 radical (unpaired) electrons. The standard InChI is InChI=1S/C12H13F2N3O.ClH/c13-10-1-2-12(14)9(5-10)6-15-11-7-16-17(8-11)3-4-18;/h1-2,5,7-8,15,18H,3-4,6H2;1H. The molecule has 0 saturated carbocycles. The van der Waals surface area contributed by atoms with Gasteiger partial charge in [-0.05, 0) is 18.2 Å². The molecule has 4 nitrogen and oxygen atoms in total. The van der Waals surface area contributed by atoms with Gasteiger partial charge in [0.25, 0.3) is 0 Å². The highest BCUT2D eigenvalue weighted by atomic mass is 35.5. The quantitative estimate of drug-likeness (QED) is 0.887. The lowest BCUT2D eigenvalue weighted by molar-refractivity contribution is 0.269. The third-order valence-corrected chi connectivity index (χ3v) is 2.45. The Morgan fingerprint density at radius 2 is 2.11 bits per heavy atom. The lowest BCUT2D eigenvalue weighted by atomic mass is 10.2. The zero-order valence-electron chi connectivity index (χ0n) is 10.0. The number of anilines is 1. The molecule has 0 amide bonds. The van der Waals surface area contributed by atoms with Crippen molar-refractivity contribution in [2.45, 2.75) is 13.1 Å². The van der Waals surface area contributed by atoms with Crippen molar-refractivity contribution in [1.29, 1.82) is 0 Å². The Balaban J connectivity index is 0.00000180. The van der Waals surface area contributed by atoms with Gasteiger partial charge in [0.05, 0.1) is 25.0 Å². The van der Waals surface area contributed by atoms with E-state index >= 15 is 0 Å². The maximum atomic E-state index is 13.3. The van der Waals surface area contributed by atoms with Gasteiger partial charge in [-0.1, -0.05) is 0 Å². The average Bonchev–Trinajstić information content (AvgIpc) is 2.79. The van der Waals surface area contributed by atoms with Crippen molar-refractivity contribution in [1.82, 2.24) is 9.78 Å². The van der Waals surface area contributed by atoms with Crippen molar-refractivity contribution in [2.75, 3.05) is 11.9 Å². The normalized spacial score (nSPS) is 10.1. The zero-order chi connectivity index (χ0) is 13.0. The van der Waals surface area contributed by atoms with E-state index in [0.29, 0.717) is 12.2 Å². The number of aromatic nitrogens is 2. The Hall–Kier alpha value is -1.66. The monoisotopic (exact) mass is 289 g/mol. The molecule has 0 spiro atoms. The van der Waals surface area contributed by atoms with Gasteiger partial charge >= 0.3 is 0 Å². The second-order valence-electron chi connectivity index (χ2n) is 3.80. The van der Waals surface area contributed by atoms with Gasteiger partial charge in [-0.25, -0.2) is 8.78 Å². The van der Waals surface area contributed by atoms with E-state index in [-0.39, 0.29) is 31.1 Å². The number of rotatable bonds is 5. The summed E-state index contributed by atoms with van der Waals surface area (Å²) in [6, 6.07) is 3.33. The van der Waals surface area contributed by atoms with E-state index in [4.69, 9.17) is 5.11 Å². The van der Waals surface area contributed by atoms with Crippen LogP contribution in [0.4, 0.5) is 14.5 Å². The number of nitrogens with one attached hydrogen (secondary N) is 1. The number of halogens is 3. The summed E-state index contributed by atoms with van der Waals surface area (Å²) in [6.07, 6.45) is 3.25. The third kappa shape index (κ3) is 4.18. The predicted octanol–water partition coefficient (Wildman–Crippen LogP) is 2.19. The number of hydrogen-bond acceptors (Lipinski definition) is 3. The molecule has 2 N–H and O–H groups in total. The van der Waals surface area contributed by atoms with Crippen LogP contribution in [0.2, 0.25) is 0 Å². The van der Waals surface area contributed by atoms with Crippen LogP contribution < -0.4 is 5.32 Å². The Morgan fingerprint density at radius 1 is 1.32 bits per heavy atom. The van der Waals surface area contributed by atoms with Gasteiger partial charge in [0.1, 0.15) is 11.6 Å². The van der Waals surface area contributed by atoms with E-state index in [1.165, 1.54) is 0 Å². The molecule has 0 aliphatic heterocycles. The maximum Gasteiger partial charge on any atom is 0.128 e. The van der Waals surface area contributed by atoms with Crippen LogP contribution >= 0.6 is 12.4 Å². The second-order valence-corrected chi connectivity index (χ2v) is 3.80. The molecule has 0 saturated heterocycles. The first-order valence-corrected chi connectivity index (χ1v) is 5.50. The van der Waals surface area contributed by atoms with E-state index in [0.717, 1.165) is 18.2 Å². The van der Waals surface area contributed by atoms with Crippen molar-refractivity contribution in [3.63, 3.8) is 0 Å². The lowest BCUT2D eigenvalue weighted by Crippen LogP contribution is -2.03. The summed E-state index contributed by atoms with van der Waals surface area (Å²) >= 11 is 0. The topological polar surface area (TPSA) is 50.1 Å². The molecule has 0 fully saturated rings. The molecule has 0 bridgehead atoms. The Morgan fingerprint density at radius 3 is 2.84 bits per heavy atom. The summed E-state index contributed by atoms with van der Waals surface area (Å²) in [5.41, 5.74) is 0.942. The van der Waals surface area contributed by atoms with Crippen LogP contribution in [0.15, 0.2) is 30.6 Å². The van der Waals surface area contributed by atoms with E-state index < -0.39 is 11.6 Å². The van der Waals surface area contributed by atoms with Gasteiger partial charge in [0.15, 0.2) is 0 Å². The van der Waals surface area contributed by atoms with Crippen molar-refractivity contribution in [2.24, 2.45) is 0 Å². The van der Waals surface area contributed by atoms with Crippen molar-refractivity contribution >= 4 is 18.1 Å². The molecular formula is C12H14ClF2N3O. The highest BCUT2D eigenvalue weighted by Gasteiger charge is 2.04. The Labute approximate surface area is 115 Å². The lowest BCUT2D eigenvalue weighted by Gasteiger charge is -2.05. The summed E-state index contributed by atoms with van der Waals surface area (Å²) in [6.45, 7) is 0.573. The van der Waals surface area contributed by atoms with E-state index in [1.807, 2.05) is 0 Å². The fraction of sp³-hybridized carbons (Fsp3) is 0.250. The number of benzene rings is 1. The smallest absolute Gasteiger partial charge is 0.128 e. The van der Waals surface area contributed by atoms with Crippen molar-refractivity contribution < 1.29 is 13.9 Å². The van der Waals surface area contributed by atoms with Gasteiger partial charge in [-0.3, -0.25) is 4.68 Å². The minimum Gasteiger partial charge on any atom is -0.394 e. The van der Waals surface area contributed by atoms with Gasteiger partial charge < -0.3 is 10.4 Å². The largest absolute Gasteiger partial charge is 0.394 e. The number of nitrogens with zero attached hydrogens (tertiary/aromatic N) is 2. The van der Waals surface area contributed by atoms with E-state index in [1.54, 1.807) is 17.1 Å². The van der Waals surface area contributed by atoms with Gasteiger partial charge in [0.2, 0.25) is 0 Å². The fourth-order valence-electron chi connectivity index (χ4n) is 1.56. The molecule has 2 rings (SSSR count). The average molecular weight is 290 g/mol. The van der Waals surface area contributed by atoms with Crippen LogP contribution in [-0.2, 0) is 13.1 Å². The van der Waals surface area contributed by atoms with Crippen LogP contribution in [-0.4, -0.2) is 21.5 Å². The van der Waals surface area contributed by atoms with Gasteiger partial charge in [-0.2, -0.15) is 5.10 Å². The highest BCUT2D eigenvalue weighted by molar-refractivity contribution is 5.85. The van der Waals surface area contributed by atoms with Gasteiger partial charge in [-0.15, -0.1) is 12.4 Å². The summed E-state index contributed by atoms with van der Waals surface area (Å²) in [5, 5.41) is 15.7. The molecule has 0 aliphatic rings. The first-order valence-electron chi connectivity index (χ1n) is 5.50. The molecule has 1 aromatic heterocycles. The van der Waals surface area contributed by atoms with Crippen LogP contribution in [0.3, 0.4) is 0 Å². The molecule has 19 heavy (non-hydrogen) atoms. The number of hydrogen-bond donors (Lipinski definition) is 2. The van der Waals surface area contributed by atoms with Gasteiger partial charge in [0, 0.05) is 18.3 Å². The summed E-state index contributed by atoms with van der Waals surface area (Å²) < 4.78 is 27.8. The second kappa shape index (κ2) is 7.06. The summed E-state index contributed by atoms with van der Waals surface area (Å²) in [4.78, 5) is 0. The van der Waals surface area contributed by atoms with Crippen molar-refractivity contribution in [3.05, 3.63) is 47.8 Å². The minimum absolute atomic E-state index is 0. The highest BCUT2D eigenvalue weighted by Crippen LogP contribution is 2.12. The molecule has 2 aromatic rings. The summed E-state index contributed by atoms with van der Waals surface area (Å²) in [7, 11) is 0. The molecule has 0 atom stereocenters.